The lowest BCUT2D eigenvalue weighted by atomic mass is 9.99. The Morgan fingerprint density at radius 2 is 1.69 bits per heavy atom. The maximum absolute atomic E-state index is 13.6. The van der Waals surface area contributed by atoms with Crippen LogP contribution in [0.4, 0.5) is 28.8 Å². The number of ether oxygens (including phenoxy) is 1. The van der Waals surface area contributed by atoms with Crippen LogP contribution in [-0.2, 0) is 27.0 Å². The summed E-state index contributed by atoms with van der Waals surface area (Å²) in [6, 6.07) is 18.9. The van der Waals surface area contributed by atoms with Crippen LogP contribution in [0.15, 0.2) is 77.7 Å². The van der Waals surface area contributed by atoms with Crippen LogP contribution in [0.25, 0.3) is 21.8 Å². The Morgan fingerprint density at radius 1 is 0.908 bits per heavy atom. The Hall–Kier alpha value is -5.34. The number of rotatable bonds is 13. The van der Waals surface area contributed by atoms with Crippen molar-refractivity contribution in [2.24, 2.45) is 0 Å². The molecule has 340 valence electrons. The Balaban J connectivity index is 0.807. The van der Waals surface area contributed by atoms with Gasteiger partial charge in [-0.3, -0.25) is 24.8 Å². The molecule has 3 aliphatic heterocycles. The number of anilines is 5. The van der Waals surface area contributed by atoms with Crippen LogP contribution < -0.4 is 30.9 Å². The van der Waals surface area contributed by atoms with Crippen molar-refractivity contribution in [2.75, 3.05) is 81.8 Å². The van der Waals surface area contributed by atoms with Crippen LogP contribution in [0.5, 0.6) is 5.75 Å². The summed E-state index contributed by atoms with van der Waals surface area (Å²) < 4.78 is 22.3. The maximum atomic E-state index is 13.6. The van der Waals surface area contributed by atoms with Crippen molar-refractivity contribution in [2.45, 2.75) is 64.5 Å². The Kier molecular flexibility index (Phi) is 13.0. The van der Waals surface area contributed by atoms with Gasteiger partial charge in [-0.25, -0.2) is 4.98 Å². The number of methoxy groups -OCH3 is 1. The second-order valence-corrected chi connectivity index (χ2v) is 22.0. The van der Waals surface area contributed by atoms with Crippen molar-refractivity contribution >= 4 is 90.8 Å². The minimum atomic E-state index is -2.71. The minimum Gasteiger partial charge on any atom is -0.494 e. The zero-order chi connectivity index (χ0) is 45.4. The number of carbonyl (C=O) groups excluding carboxylic acids is 2. The summed E-state index contributed by atoms with van der Waals surface area (Å²) in [7, 11) is -1.01. The third kappa shape index (κ3) is 9.52. The van der Waals surface area contributed by atoms with Crippen LogP contribution >= 0.6 is 23.1 Å². The number of aromatic nitrogens is 4. The zero-order valence-corrected chi connectivity index (χ0v) is 40.3. The summed E-state index contributed by atoms with van der Waals surface area (Å²) in [6.07, 6.45) is 10.4. The summed E-state index contributed by atoms with van der Waals surface area (Å²) in [5, 5.41) is 12.1. The van der Waals surface area contributed by atoms with Gasteiger partial charge < -0.3 is 34.3 Å². The lowest BCUT2D eigenvalue weighted by molar-refractivity contribution is -0.135. The van der Waals surface area contributed by atoms with Crippen molar-refractivity contribution in [3.05, 3.63) is 94.4 Å². The highest BCUT2D eigenvalue weighted by atomic mass is 79.9. The SMILES string of the molecule is CCc1cc(Nc2ncc(Br)c(Nc3cnc4ccccc4c3P(C)(C)=O)n2)c(OC)cc1N1CCC(N2CCN(CCc3ccc4c(C)cn(C5CCC(=O)NC5=O)c4c3)CC2)CC1. The quantitative estimate of drug-likeness (QED) is 0.0758. The van der Waals surface area contributed by atoms with Crippen molar-refractivity contribution < 1.29 is 18.9 Å². The van der Waals surface area contributed by atoms with Gasteiger partial charge in [0.05, 0.1) is 34.7 Å². The number of hydrogen-bond donors (Lipinski definition) is 3. The van der Waals surface area contributed by atoms with E-state index in [9.17, 15) is 14.2 Å². The van der Waals surface area contributed by atoms with E-state index in [1.54, 1.807) is 32.8 Å². The first-order chi connectivity index (χ1) is 31.4. The second-order valence-electron chi connectivity index (χ2n) is 17.9. The fraction of sp³-hybridized carbons (Fsp3) is 0.408. The fourth-order valence-corrected chi connectivity index (χ4v) is 11.7. The van der Waals surface area contributed by atoms with E-state index < -0.39 is 7.14 Å². The van der Waals surface area contributed by atoms with Crippen LogP contribution in [0.3, 0.4) is 0 Å². The number of imide groups is 1. The summed E-state index contributed by atoms with van der Waals surface area (Å²) in [4.78, 5) is 46.4. The molecule has 1 unspecified atom stereocenters. The molecular weight excluding hydrogens is 903 g/mol. The summed E-state index contributed by atoms with van der Waals surface area (Å²) in [5.74, 6) is 1.23. The van der Waals surface area contributed by atoms with Gasteiger partial charge in [0, 0.05) is 104 Å². The number of carbonyl (C=O) groups is 2. The van der Waals surface area contributed by atoms with E-state index in [1.807, 2.05) is 24.3 Å². The zero-order valence-electron chi connectivity index (χ0n) is 37.9. The Labute approximate surface area is 389 Å². The van der Waals surface area contributed by atoms with Crippen LogP contribution in [0.1, 0.15) is 55.3 Å². The van der Waals surface area contributed by atoms with Crippen molar-refractivity contribution in [3.63, 3.8) is 0 Å². The molecule has 1 atom stereocenters. The van der Waals surface area contributed by atoms with Gasteiger partial charge >= 0.3 is 0 Å². The lowest BCUT2D eigenvalue weighted by Gasteiger charge is -2.43. The average molecular weight is 962 g/mol. The monoisotopic (exact) mass is 960 g/mol. The smallest absolute Gasteiger partial charge is 0.249 e. The highest BCUT2D eigenvalue weighted by molar-refractivity contribution is 9.10. The fourth-order valence-electron chi connectivity index (χ4n) is 9.96. The largest absolute Gasteiger partial charge is 0.494 e. The molecule has 3 N–H and O–H groups in total. The molecule has 14 nitrogen and oxygen atoms in total. The summed E-state index contributed by atoms with van der Waals surface area (Å²) >= 11 is 3.61. The molecule has 0 radical (unpaired) electrons. The molecular formula is C49H58BrN10O4P. The normalized spacial score (nSPS) is 18.1. The first-order valence-electron chi connectivity index (χ1n) is 22.7. The van der Waals surface area contributed by atoms with Gasteiger partial charge in [-0.15, -0.1) is 0 Å². The molecule has 9 rings (SSSR count). The second kappa shape index (κ2) is 18.9. The molecule has 65 heavy (non-hydrogen) atoms. The highest BCUT2D eigenvalue weighted by Gasteiger charge is 2.31. The van der Waals surface area contributed by atoms with Crippen molar-refractivity contribution in [1.29, 1.82) is 0 Å². The van der Waals surface area contributed by atoms with Crippen LogP contribution in [-0.4, -0.2) is 113 Å². The molecule has 0 aliphatic carbocycles. The first-order valence-corrected chi connectivity index (χ1v) is 26.1. The number of halogens is 1. The number of para-hydroxylation sites is 1. The number of piperidine rings is 2. The van der Waals surface area contributed by atoms with E-state index in [0.29, 0.717) is 46.6 Å². The summed E-state index contributed by atoms with van der Waals surface area (Å²) in [5.41, 5.74) is 8.13. The van der Waals surface area contributed by atoms with Gasteiger partial charge in [-0.05, 0) is 103 Å². The molecule has 0 bridgehead atoms. The van der Waals surface area contributed by atoms with Gasteiger partial charge in [0.25, 0.3) is 0 Å². The van der Waals surface area contributed by atoms with Gasteiger partial charge in [0.1, 0.15) is 24.8 Å². The van der Waals surface area contributed by atoms with Gasteiger partial charge in [-0.2, -0.15) is 4.98 Å². The molecule has 3 fully saturated rings. The molecule has 3 aromatic carbocycles. The van der Waals surface area contributed by atoms with E-state index in [0.717, 1.165) is 110 Å². The van der Waals surface area contributed by atoms with Gasteiger partial charge in [0.15, 0.2) is 0 Å². The number of pyridine rings is 1. The maximum Gasteiger partial charge on any atom is 0.249 e. The summed E-state index contributed by atoms with van der Waals surface area (Å²) in [6.45, 7) is 15.0. The molecule has 3 aliphatic rings. The highest BCUT2D eigenvalue weighted by Crippen LogP contribution is 2.42. The number of nitrogens with zero attached hydrogens (tertiary/aromatic N) is 7. The van der Waals surface area contributed by atoms with E-state index in [1.165, 1.54) is 16.8 Å². The van der Waals surface area contributed by atoms with E-state index >= 15 is 0 Å². The van der Waals surface area contributed by atoms with Crippen LogP contribution in [0, 0.1) is 6.92 Å². The number of hydrogen-bond acceptors (Lipinski definition) is 12. The Morgan fingerprint density at radius 3 is 2.43 bits per heavy atom. The molecule has 0 saturated carbocycles. The topological polar surface area (TPSA) is 150 Å². The molecule has 2 amide bonds. The van der Waals surface area contributed by atoms with Crippen molar-refractivity contribution in [1.82, 2.24) is 34.6 Å². The number of nitrogens with one attached hydrogen (secondary N) is 3. The number of amides is 2. The number of aryl methyl sites for hydroxylation is 2. The predicted octanol–water partition coefficient (Wildman–Crippen LogP) is 8.16. The lowest BCUT2D eigenvalue weighted by Crippen LogP contribution is -2.53. The van der Waals surface area contributed by atoms with E-state index in [4.69, 9.17) is 9.72 Å². The van der Waals surface area contributed by atoms with E-state index in [-0.39, 0.29) is 17.9 Å². The third-order valence-corrected chi connectivity index (χ3v) is 15.5. The number of benzene rings is 3. The molecule has 3 saturated heterocycles. The van der Waals surface area contributed by atoms with Crippen molar-refractivity contribution in [3.8, 4) is 5.75 Å². The number of fused-ring (bicyclic) bond motifs is 2. The van der Waals surface area contributed by atoms with Crippen LogP contribution in [0.2, 0.25) is 0 Å². The number of piperazine rings is 1. The predicted molar refractivity (Wildman–Crippen MR) is 265 cm³/mol. The average Bonchev–Trinajstić information content (AvgIpc) is 3.63. The molecule has 6 aromatic rings. The molecule has 6 heterocycles. The standard InChI is InChI=1S/C49H58BrN10O4P/c1-6-33-26-39(54-49-52-28-37(50)47(56-49)53-40-29-51-38-10-8-7-9-36(38)46(40)65(4,5)63)44(64-3)27-42(33)59-19-16-34(17-20-59)58-23-21-57(22-24-58)18-15-32-11-12-35-31(2)30-60(43(35)25-32)41-13-14-45(61)55-48(41)62/h7-12,25-30,34,41H,6,13-24H2,1-5H3,(H,55,61,62)(H2,52,53,54,56). The molecule has 3 aromatic heterocycles. The minimum absolute atomic E-state index is 0.188. The third-order valence-electron chi connectivity index (χ3n) is 13.4. The van der Waals surface area contributed by atoms with Gasteiger partial charge in [-0.1, -0.05) is 37.3 Å². The Bertz CT molecular complexity index is 2810. The molecule has 0 spiro atoms. The van der Waals surface area contributed by atoms with E-state index in [2.05, 4.69) is 111 Å². The van der Waals surface area contributed by atoms with Gasteiger partial charge in [0.2, 0.25) is 17.8 Å². The first kappa shape index (κ1) is 44.8. The molecule has 16 heteroatoms.